The largest absolute Gasteiger partial charge is 0.308 e. The maximum atomic E-state index is 4.04. The molecular formula is C17H30N2. The van der Waals surface area contributed by atoms with Gasteiger partial charge in [-0.05, 0) is 69.1 Å². The van der Waals surface area contributed by atoms with Gasteiger partial charge in [0.15, 0.2) is 0 Å². The molecule has 1 unspecified atom stereocenters. The van der Waals surface area contributed by atoms with Gasteiger partial charge >= 0.3 is 0 Å². The van der Waals surface area contributed by atoms with Crippen LogP contribution < -0.4 is 5.32 Å². The SMILES string of the molecule is CCC(C)N1CCNC2(C1)C1CC3CC(C1)CC2C3. The van der Waals surface area contributed by atoms with E-state index in [1.165, 1.54) is 51.7 Å². The molecule has 108 valence electrons. The summed E-state index contributed by atoms with van der Waals surface area (Å²) in [6, 6.07) is 0.774. The zero-order valence-electron chi connectivity index (χ0n) is 12.7. The fourth-order valence-electron chi connectivity index (χ4n) is 6.11. The van der Waals surface area contributed by atoms with Crippen LogP contribution in [0.1, 0.15) is 52.4 Å². The molecule has 4 bridgehead atoms. The third-order valence-electron chi connectivity index (χ3n) is 7.13. The van der Waals surface area contributed by atoms with Crippen molar-refractivity contribution in [2.24, 2.45) is 23.7 Å². The van der Waals surface area contributed by atoms with Crippen molar-refractivity contribution < 1.29 is 0 Å². The fourth-order valence-corrected chi connectivity index (χ4v) is 6.11. The van der Waals surface area contributed by atoms with E-state index < -0.39 is 0 Å². The number of hydrogen-bond acceptors (Lipinski definition) is 2. The summed E-state index contributed by atoms with van der Waals surface area (Å²) in [5.74, 6) is 4.18. The number of nitrogens with zero attached hydrogens (tertiary/aromatic N) is 1. The van der Waals surface area contributed by atoms with Crippen molar-refractivity contribution >= 4 is 0 Å². The van der Waals surface area contributed by atoms with Gasteiger partial charge in [-0.1, -0.05) is 6.92 Å². The molecule has 5 rings (SSSR count). The van der Waals surface area contributed by atoms with E-state index in [2.05, 4.69) is 24.1 Å². The second-order valence-electron chi connectivity index (χ2n) is 8.00. The highest BCUT2D eigenvalue weighted by atomic mass is 15.3. The van der Waals surface area contributed by atoms with Crippen LogP contribution in [0.15, 0.2) is 0 Å². The van der Waals surface area contributed by atoms with Gasteiger partial charge in [0.05, 0.1) is 0 Å². The van der Waals surface area contributed by atoms with Crippen molar-refractivity contribution in [3.8, 4) is 0 Å². The molecule has 1 spiro atoms. The molecule has 0 aromatic heterocycles. The molecule has 0 aromatic rings. The molecule has 2 nitrogen and oxygen atoms in total. The molecule has 19 heavy (non-hydrogen) atoms. The highest BCUT2D eigenvalue weighted by Crippen LogP contribution is 2.58. The standard InChI is InChI=1S/C17H30N2/c1-3-12(2)19-5-4-18-17(11-19)15-7-13-6-14(9-15)10-16(17)8-13/h12-16,18H,3-11H2,1-2H3. The van der Waals surface area contributed by atoms with Crippen LogP contribution in [0.3, 0.4) is 0 Å². The van der Waals surface area contributed by atoms with Crippen LogP contribution in [0, 0.1) is 23.7 Å². The lowest BCUT2D eigenvalue weighted by atomic mass is 9.48. The summed E-state index contributed by atoms with van der Waals surface area (Å²) in [5, 5.41) is 4.04. The Bertz CT molecular complexity index is 323. The molecule has 0 amide bonds. The predicted molar refractivity (Wildman–Crippen MR) is 79.1 cm³/mol. The summed E-state index contributed by atoms with van der Waals surface area (Å²) in [4.78, 5) is 2.79. The molecular weight excluding hydrogens is 232 g/mol. The smallest absolute Gasteiger partial charge is 0.0366 e. The molecule has 0 aromatic carbocycles. The van der Waals surface area contributed by atoms with Gasteiger partial charge < -0.3 is 5.32 Å². The van der Waals surface area contributed by atoms with Crippen molar-refractivity contribution in [1.29, 1.82) is 0 Å². The Morgan fingerprint density at radius 3 is 2.32 bits per heavy atom. The highest BCUT2D eigenvalue weighted by Gasteiger charge is 2.58. The van der Waals surface area contributed by atoms with Crippen molar-refractivity contribution in [3.63, 3.8) is 0 Å². The first-order valence-corrected chi connectivity index (χ1v) is 8.70. The van der Waals surface area contributed by atoms with E-state index in [0.717, 1.165) is 29.7 Å². The minimum atomic E-state index is 0.509. The van der Waals surface area contributed by atoms with Gasteiger partial charge in [0.25, 0.3) is 0 Å². The van der Waals surface area contributed by atoms with Gasteiger partial charge in [-0.25, -0.2) is 0 Å². The Morgan fingerprint density at radius 1 is 1.11 bits per heavy atom. The van der Waals surface area contributed by atoms with Crippen LogP contribution in [-0.4, -0.2) is 36.1 Å². The Hall–Kier alpha value is -0.0800. The van der Waals surface area contributed by atoms with Crippen LogP contribution in [-0.2, 0) is 0 Å². The van der Waals surface area contributed by atoms with Crippen LogP contribution >= 0.6 is 0 Å². The molecule has 4 aliphatic carbocycles. The van der Waals surface area contributed by atoms with Crippen LogP contribution in [0.4, 0.5) is 0 Å². The Balaban J connectivity index is 1.59. The third-order valence-corrected chi connectivity index (χ3v) is 7.13. The number of nitrogens with one attached hydrogen (secondary N) is 1. The van der Waals surface area contributed by atoms with Crippen LogP contribution in [0.5, 0.6) is 0 Å². The lowest BCUT2D eigenvalue weighted by molar-refractivity contribution is -0.103. The Kier molecular flexibility index (Phi) is 2.97. The number of hydrogen-bond donors (Lipinski definition) is 1. The van der Waals surface area contributed by atoms with E-state index >= 15 is 0 Å². The molecule has 5 fully saturated rings. The van der Waals surface area contributed by atoms with E-state index in [0.29, 0.717) is 5.54 Å². The second kappa shape index (κ2) is 4.46. The molecule has 1 aliphatic heterocycles. The van der Waals surface area contributed by atoms with Crippen LogP contribution in [0.25, 0.3) is 0 Å². The van der Waals surface area contributed by atoms with Gasteiger partial charge in [-0.3, -0.25) is 4.90 Å². The summed E-state index contributed by atoms with van der Waals surface area (Å²) < 4.78 is 0. The first-order chi connectivity index (χ1) is 9.21. The summed E-state index contributed by atoms with van der Waals surface area (Å²) in [6.07, 6.45) is 9.01. The molecule has 2 heteroatoms. The van der Waals surface area contributed by atoms with Crippen molar-refractivity contribution in [3.05, 3.63) is 0 Å². The molecule has 1 N–H and O–H groups in total. The maximum Gasteiger partial charge on any atom is 0.0366 e. The molecule has 1 atom stereocenters. The first-order valence-electron chi connectivity index (χ1n) is 8.70. The summed E-state index contributed by atoms with van der Waals surface area (Å²) in [5.41, 5.74) is 0.509. The predicted octanol–water partition coefficient (Wildman–Crippen LogP) is 2.89. The lowest BCUT2D eigenvalue weighted by Gasteiger charge is -2.64. The van der Waals surface area contributed by atoms with Gasteiger partial charge in [-0.15, -0.1) is 0 Å². The maximum absolute atomic E-state index is 4.04. The van der Waals surface area contributed by atoms with Crippen molar-refractivity contribution in [2.75, 3.05) is 19.6 Å². The Labute approximate surface area is 118 Å². The lowest BCUT2D eigenvalue weighted by Crippen LogP contribution is -2.73. The molecule has 5 aliphatic rings. The van der Waals surface area contributed by atoms with Gasteiger partial charge in [0.2, 0.25) is 0 Å². The first kappa shape index (κ1) is 12.6. The van der Waals surface area contributed by atoms with Crippen molar-refractivity contribution in [1.82, 2.24) is 10.2 Å². The summed E-state index contributed by atoms with van der Waals surface area (Å²) in [6.45, 7) is 8.61. The normalized spacial score (nSPS) is 50.8. The summed E-state index contributed by atoms with van der Waals surface area (Å²) in [7, 11) is 0. The van der Waals surface area contributed by atoms with Crippen molar-refractivity contribution in [2.45, 2.75) is 64.0 Å². The third kappa shape index (κ3) is 1.82. The average Bonchev–Trinajstić information content (AvgIpc) is 2.43. The van der Waals surface area contributed by atoms with Gasteiger partial charge in [0, 0.05) is 31.2 Å². The highest BCUT2D eigenvalue weighted by molar-refractivity contribution is 5.13. The molecule has 4 saturated carbocycles. The molecule has 1 saturated heterocycles. The minimum Gasteiger partial charge on any atom is -0.308 e. The fraction of sp³-hybridized carbons (Fsp3) is 1.00. The number of rotatable bonds is 2. The average molecular weight is 262 g/mol. The minimum absolute atomic E-state index is 0.509. The Morgan fingerprint density at radius 2 is 1.74 bits per heavy atom. The zero-order chi connectivity index (χ0) is 13.0. The van der Waals surface area contributed by atoms with E-state index in [4.69, 9.17) is 0 Å². The van der Waals surface area contributed by atoms with E-state index in [-0.39, 0.29) is 0 Å². The quantitative estimate of drug-likeness (QED) is 0.823. The molecule has 0 radical (unpaired) electrons. The zero-order valence-corrected chi connectivity index (χ0v) is 12.7. The van der Waals surface area contributed by atoms with Crippen LogP contribution in [0.2, 0.25) is 0 Å². The monoisotopic (exact) mass is 262 g/mol. The van der Waals surface area contributed by atoms with E-state index in [1.54, 1.807) is 6.42 Å². The topological polar surface area (TPSA) is 15.3 Å². The van der Waals surface area contributed by atoms with E-state index in [9.17, 15) is 0 Å². The molecule has 1 heterocycles. The second-order valence-corrected chi connectivity index (χ2v) is 8.00. The summed E-state index contributed by atoms with van der Waals surface area (Å²) >= 11 is 0. The van der Waals surface area contributed by atoms with E-state index in [1.807, 2.05) is 0 Å². The van der Waals surface area contributed by atoms with Gasteiger partial charge in [0.1, 0.15) is 0 Å². The van der Waals surface area contributed by atoms with Gasteiger partial charge in [-0.2, -0.15) is 0 Å². The number of piperazine rings is 1.